The molecular weight excluding hydrogens is 362 g/mol. The molecule has 0 bridgehead atoms. The topological polar surface area (TPSA) is 78.2 Å². The van der Waals surface area contributed by atoms with Gasteiger partial charge in [-0.25, -0.2) is 9.97 Å². The normalized spacial score (nSPS) is 10.4. The number of nitrogens with zero attached hydrogens (tertiary/aromatic N) is 3. The summed E-state index contributed by atoms with van der Waals surface area (Å²) in [6.45, 7) is 1.98. The summed E-state index contributed by atoms with van der Waals surface area (Å²) in [5.41, 5.74) is 0.480. The summed E-state index contributed by atoms with van der Waals surface area (Å²) in [5.74, 6) is 0.321. The SMILES string of the molecule is CCCc1c(Cl)ncnc1Oc1c(Br)cccc1[N+](=O)[O-]. The molecule has 0 spiro atoms. The first-order valence-electron chi connectivity index (χ1n) is 6.14. The molecule has 0 fully saturated rings. The van der Waals surface area contributed by atoms with Gasteiger partial charge in [0, 0.05) is 6.07 Å². The maximum atomic E-state index is 11.1. The molecule has 0 unspecified atom stereocenters. The lowest BCUT2D eigenvalue weighted by Gasteiger charge is -2.11. The lowest BCUT2D eigenvalue weighted by Crippen LogP contribution is -2.00. The average molecular weight is 373 g/mol. The highest BCUT2D eigenvalue weighted by molar-refractivity contribution is 9.10. The van der Waals surface area contributed by atoms with Crippen molar-refractivity contribution in [3.8, 4) is 11.6 Å². The van der Waals surface area contributed by atoms with Crippen LogP contribution in [0.3, 0.4) is 0 Å². The van der Waals surface area contributed by atoms with E-state index in [0.717, 1.165) is 6.42 Å². The Morgan fingerprint density at radius 1 is 1.43 bits per heavy atom. The Kier molecular flexibility index (Phi) is 5.08. The van der Waals surface area contributed by atoms with Crippen molar-refractivity contribution in [1.82, 2.24) is 9.97 Å². The molecule has 0 aliphatic heterocycles. The number of hydrogen-bond acceptors (Lipinski definition) is 5. The molecule has 0 atom stereocenters. The predicted octanol–water partition coefficient (Wildman–Crippen LogP) is 4.55. The van der Waals surface area contributed by atoms with E-state index >= 15 is 0 Å². The number of para-hydroxylation sites is 1. The molecule has 1 aromatic carbocycles. The number of halogens is 2. The van der Waals surface area contributed by atoms with Crippen LogP contribution in [0.15, 0.2) is 29.0 Å². The molecule has 0 aliphatic rings. The fraction of sp³-hybridized carbons (Fsp3) is 0.231. The maximum Gasteiger partial charge on any atom is 0.312 e. The van der Waals surface area contributed by atoms with Crippen LogP contribution in [0.4, 0.5) is 5.69 Å². The summed E-state index contributed by atoms with van der Waals surface area (Å²) in [5, 5.41) is 11.4. The smallest absolute Gasteiger partial charge is 0.312 e. The van der Waals surface area contributed by atoms with Crippen molar-refractivity contribution < 1.29 is 9.66 Å². The zero-order valence-corrected chi connectivity index (χ0v) is 13.4. The fourth-order valence-electron chi connectivity index (χ4n) is 1.76. The molecule has 21 heavy (non-hydrogen) atoms. The minimum Gasteiger partial charge on any atom is -0.430 e. The van der Waals surface area contributed by atoms with E-state index in [0.29, 0.717) is 16.5 Å². The zero-order chi connectivity index (χ0) is 15.4. The van der Waals surface area contributed by atoms with Crippen molar-refractivity contribution in [2.45, 2.75) is 19.8 Å². The van der Waals surface area contributed by atoms with Crippen LogP contribution < -0.4 is 4.74 Å². The number of nitro benzene ring substituents is 1. The van der Waals surface area contributed by atoms with E-state index in [1.54, 1.807) is 12.1 Å². The highest BCUT2D eigenvalue weighted by atomic mass is 79.9. The van der Waals surface area contributed by atoms with Crippen molar-refractivity contribution in [1.29, 1.82) is 0 Å². The molecule has 2 aromatic rings. The van der Waals surface area contributed by atoms with Gasteiger partial charge in [0.2, 0.25) is 11.6 Å². The number of ether oxygens (including phenoxy) is 1. The molecule has 2 rings (SSSR count). The summed E-state index contributed by atoms with van der Waals surface area (Å²) in [6.07, 6.45) is 2.70. The summed E-state index contributed by atoms with van der Waals surface area (Å²) in [4.78, 5) is 18.5. The molecule has 8 heteroatoms. The second-order valence-corrected chi connectivity index (χ2v) is 5.36. The van der Waals surface area contributed by atoms with Gasteiger partial charge in [0.1, 0.15) is 11.5 Å². The van der Waals surface area contributed by atoms with E-state index in [1.807, 2.05) is 6.92 Å². The molecule has 0 aliphatic carbocycles. The van der Waals surface area contributed by atoms with Crippen molar-refractivity contribution in [2.24, 2.45) is 0 Å². The first-order valence-corrected chi connectivity index (χ1v) is 7.31. The third-order valence-electron chi connectivity index (χ3n) is 2.69. The van der Waals surface area contributed by atoms with Crippen LogP contribution in [-0.4, -0.2) is 14.9 Å². The van der Waals surface area contributed by atoms with E-state index in [-0.39, 0.29) is 22.5 Å². The molecule has 110 valence electrons. The van der Waals surface area contributed by atoms with Gasteiger partial charge in [0.25, 0.3) is 0 Å². The first-order chi connectivity index (χ1) is 10.0. The third kappa shape index (κ3) is 3.48. The van der Waals surface area contributed by atoms with E-state index in [9.17, 15) is 10.1 Å². The Morgan fingerprint density at radius 2 is 2.19 bits per heavy atom. The predicted molar refractivity (Wildman–Crippen MR) is 81.9 cm³/mol. The van der Waals surface area contributed by atoms with Crippen LogP contribution in [0, 0.1) is 10.1 Å². The van der Waals surface area contributed by atoms with Gasteiger partial charge < -0.3 is 4.74 Å². The van der Waals surface area contributed by atoms with E-state index in [2.05, 4.69) is 25.9 Å². The highest BCUT2D eigenvalue weighted by Crippen LogP contribution is 2.39. The molecule has 0 radical (unpaired) electrons. The Labute approximate surface area is 134 Å². The summed E-state index contributed by atoms with van der Waals surface area (Å²) < 4.78 is 6.11. The number of aromatic nitrogens is 2. The standard InChI is InChI=1S/C13H11BrClN3O3/c1-2-4-8-12(15)16-7-17-13(8)21-11-9(14)5-3-6-10(11)18(19)20/h3,5-7H,2,4H2,1H3. The minimum atomic E-state index is -0.512. The second kappa shape index (κ2) is 6.82. The molecule has 0 saturated carbocycles. The van der Waals surface area contributed by atoms with E-state index in [4.69, 9.17) is 16.3 Å². The van der Waals surface area contributed by atoms with Gasteiger partial charge >= 0.3 is 5.69 Å². The largest absolute Gasteiger partial charge is 0.430 e. The number of hydrogen-bond donors (Lipinski definition) is 0. The molecule has 1 heterocycles. The van der Waals surface area contributed by atoms with Crippen LogP contribution in [0.1, 0.15) is 18.9 Å². The van der Waals surface area contributed by atoms with Gasteiger partial charge in [0.05, 0.1) is 15.0 Å². The molecule has 0 amide bonds. The van der Waals surface area contributed by atoms with E-state index < -0.39 is 4.92 Å². The minimum absolute atomic E-state index is 0.0922. The van der Waals surface area contributed by atoms with Crippen molar-refractivity contribution in [3.05, 3.63) is 49.8 Å². The first kappa shape index (κ1) is 15.7. The lowest BCUT2D eigenvalue weighted by atomic mass is 10.2. The fourth-order valence-corrected chi connectivity index (χ4v) is 2.42. The molecule has 1 aromatic heterocycles. The lowest BCUT2D eigenvalue weighted by molar-refractivity contribution is -0.385. The van der Waals surface area contributed by atoms with Gasteiger partial charge in [-0.3, -0.25) is 10.1 Å². The molecular formula is C13H11BrClN3O3. The molecule has 0 N–H and O–H groups in total. The number of rotatable bonds is 5. The monoisotopic (exact) mass is 371 g/mol. The summed E-state index contributed by atoms with van der Waals surface area (Å²) >= 11 is 9.29. The summed E-state index contributed by atoms with van der Waals surface area (Å²) in [6, 6.07) is 4.59. The average Bonchev–Trinajstić information content (AvgIpc) is 2.44. The van der Waals surface area contributed by atoms with Crippen LogP contribution in [0.25, 0.3) is 0 Å². The highest BCUT2D eigenvalue weighted by Gasteiger charge is 2.21. The van der Waals surface area contributed by atoms with Crippen LogP contribution in [0.5, 0.6) is 11.6 Å². The van der Waals surface area contributed by atoms with Gasteiger partial charge in [0.15, 0.2) is 0 Å². The van der Waals surface area contributed by atoms with Gasteiger partial charge in [-0.05, 0) is 28.4 Å². The Bertz CT molecular complexity index is 682. The molecule has 0 saturated heterocycles. The summed E-state index contributed by atoms with van der Waals surface area (Å²) in [7, 11) is 0. The zero-order valence-electron chi connectivity index (χ0n) is 11.0. The second-order valence-electron chi connectivity index (χ2n) is 4.15. The maximum absolute atomic E-state index is 11.1. The van der Waals surface area contributed by atoms with Crippen LogP contribution in [0.2, 0.25) is 5.15 Å². The van der Waals surface area contributed by atoms with Gasteiger partial charge in [-0.1, -0.05) is 31.0 Å². The van der Waals surface area contributed by atoms with Crippen LogP contribution in [-0.2, 0) is 6.42 Å². The van der Waals surface area contributed by atoms with Crippen molar-refractivity contribution in [3.63, 3.8) is 0 Å². The van der Waals surface area contributed by atoms with Crippen molar-refractivity contribution in [2.75, 3.05) is 0 Å². The van der Waals surface area contributed by atoms with Crippen LogP contribution >= 0.6 is 27.5 Å². The molecule has 6 nitrogen and oxygen atoms in total. The third-order valence-corrected chi connectivity index (χ3v) is 3.65. The van der Waals surface area contributed by atoms with Crippen molar-refractivity contribution >= 4 is 33.2 Å². The number of benzene rings is 1. The number of nitro groups is 1. The van der Waals surface area contributed by atoms with Gasteiger partial charge in [-0.2, -0.15) is 0 Å². The Balaban J connectivity index is 2.48. The van der Waals surface area contributed by atoms with Gasteiger partial charge in [-0.15, -0.1) is 0 Å². The van der Waals surface area contributed by atoms with E-state index in [1.165, 1.54) is 12.4 Å². The Hall–Kier alpha value is -1.73. The Morgan fingerprint density at radius 3 is 2.86 bits per heavy atom. The quantitative estimate of drug-likeness (QED) is 0.437.